The maximum absolute atomic E-state index is 10.8. The maximum atomic E-state index is 10.8. The number of rotatable bonds is 30. The third-order valence-electron chi connectivity index (χ3n) is 9.45. The predicted octanol–water partition coefficient (Wildman–Crippen LogP) is 13.7. The van der Waals surface area contributed by atoms with Gasteiger partial charge in [-0.25, -0.2) is 0 Å². The molecule has 292 valence electrons. The summed E-state index contributed by atoms with van der Waals surface area (Å²) < 4.78 is 0. The molecule has 2 aromatic rings. The van der Waals surface area contributed by atoms with E-state index in [1.165, 1.54) is 122 Å². The summed E-state index contributed by atoms with van der Waals surface area (Å²) in [6.07, 6.45) is 31.8. The van der Waals surface area contributed by atoms with Gasteiger partial charge in [-0.05, 0) is 30.0 Å². The summed E-state index contributed by atoms with van der Waals surface area (Å²) >= 11 is 0. The lowest BCUT2D eigenvalue weighted by atomic mass is 10.0. The Morgan fingerprint density at radius 2 is 0.882 bits per heavy atom. The van der Waals surface area contributed by atoms with Crippen molar-refractivity contribution in [2.24, 2.45) is 0 Å². The van der Waals surface area contributed by atoms with Crippen molar-refractivity contribution in [3.05, 3.63) is 78.4 Å². The van der Waals surface area contributed by atoms with Crippen LogP contribution in [0.15, 0.2) is 42.5 Å². The molecule has 0 fully saturated rings. The predicted molar refractivity (Wildman–Crippen MR) is 214 cm³/mol. The van der Waals surface area contributed by atoms with E-state index >= 15 is 0 Å². The van der Waals surface area contributed by atoms with Crippen LogP contribution in [0.1, 0.15) is 193 Å². The summed E-state index contributed by atoms with van der Waals surface area (Å²) in [4.78, 5) is 30.8. The standard InChI is InChI=1S/C17H35NO2.C14H29NO2.C11H9NO2/c1-2-3-4-5-6-7-8-9-10-11-12-13-14-15-16-17-18(19)20;1-3-5-7-8-9-10-11-13-14(15(16)17)12-6-4-2;13-12(14)8-10-6-3-5-9-4-1-2-7-11(9)10/h2-17H2,1H3;14H,3-13H2,1-2H3;1-7H,8H2. The van der Waals surface area contributed by atoms with Crippen LogP contribution in [0, 0.1) is 30.3 Å². The largest absolute Gasteiger partial charge is 0.265 e. The summed E-state index contributed by atoms with van der Waals surface area (Å²) in [5, 5.41) is 33.4. The SMILES string of the molecule is CCCCCCCCCC(CCCC)[N+](=O)[O-].CCCCCCCCCCCCCCCCC[N+](=O)[O-].O=[N+]([O-])Cc1cccc2ccccc12. The summed E-state index contributed by atoms with van der Waals surface area (Å²) in [6, 6.07) is 13.0. The minimum Gasteiger partial charge on any atom is -0.265 e. The van der Waals surface area contributed by atoms with Crippen LogP contribution in [0.5, 0.6) is 0 Å². The third-order valence-corrected chi connectivity index (χ3v) is 9.45. The molecule has 0 radical (unpaired) electrons. The molecule has 1 atom stereocenters. The molecule has 2 rings (SSSR count). The Labute approximate surface area is 310 Å². The molecular formula is C42H73N3O6. The fourth-order valence-electron chi connectivity index (χ4n) is 6.31. The van der Waals surface area contributed by atoms with Crippen LogP contribution in [0.2, 0.25) is 0 Å². The van der Waals surface area contributed by atoms with E-state index in [0.717, 1.165) is 61.3 Å². The van der Waals surface area contributed by atoms with Crippen LogP contribution in [0.25, 0.3) is 10.8 Å². The molecule has 0 amide bonds. The first-order valence-corrected chi connectivity index (χ1v) is 20.6. The molecule has 0 bridgehead atoms. The van der Waals surface area contributed by atoms with Crippen molar-refractivity contribution in [3.63, 3.8) is 0 Å². The van der Waals surface area contributed by atoms with E-state index in [4.69, 9.17) is 0 Å². The van der Waals surface area contributed by atoms with Gasteiger partial charge < -0.3 is 0 Å². The van der Waals surface area contributed by atoms with Gasteiger partial charge in [0.25, 0.3) is 0 Å². The molecule has 2 aromatic carbocycles. The topological polar surface area (TPSA) is 129 Å². The van der Waals surface area contributed by atoms with Gasteiger partial charge >= 0.3 is 0 Å². The average Bonchev–Trinajstić information content (AvgIpc) is 3.11. The van der Waals surface area contributed by atoms with Crippen LogP contribution in [0.4, 0.5) is 0 Å². The van der Waals surface area contributed by atoms with E-state index < -0.39 is 0 Å². The number of benzene rings is 2. The highest BCUT2D eigenvalue weighted by Crippen LogP contribution is 2.19. The van der Waals surface area contributed by atoms with E-state index in [-0.39, 0.29) is 33.9 Å². The van der Waals surface area contributed by atoms with Gasteiger partial charge in [0.15, 0.2) is 0 Å². The molecule has 0 aliphatic rings. The van der Waals surface area contributed by atoms with Crippen LogP contribution in [-0.4, -0.2) is 27.4 Å². The minimum absolute atomic E-state index is 0.0766. The number of hydrogen-bond acceptors (Lipinski definition) is 6. The molecule has 0 saturated heterocycles. The molecule has 0 aliphatic carbocycles. The quantitative estimate of drug-likeness (QED) is 0.0449. The van der Waals surface area contributed by atoms with Gasteiger partial charge in [-0.2, -0.15) is 0 Å². The Morgan fingerprint density at radius 1 is 0.471 bits per heavy atom. The van der Waals surface area contributed by atoms with E-state index in [1.54, 1.807) is 6.07 Å². The van der Waals surface area contributed by atoms with Crippen molar-refractivity contribution < 1.29 is 14.8 Å². The highest BCUT2D eigenvalue weighted by molar-refractivity contribution is 5.85. The lowest BCUT2D eigenvalue weighted by Crippen LogP contribution is -2.19. The Hall–Kier alpha value is -3.10. The zero-order chi connectivity index (χ0) is 37.8. The lowest BCUT2D eigenvalue weighted by Gasteiger charge is -2.08. The molecule has 9 heteroatoms. The zero-order valence-corrected chi connectivity index (χ0v) is 32.7. The van der Waals surface area contributed by atoms with Gasteiger partial charge in [0.2, 0.25) is 19.1 Å². The molecule has 0 spiro atoms. The maximum Gasteiger partial charge on any atom is 0.229 e. The van der Waals surface area contributed by atoms with Crippen molar-refractivity contribution in [3.8, 4) is 0 Å². The highest BCUT2D eigenvalue weighted by atomic mass is 16.6. The van der Waals surface area contributed by atoms with Crippen LogP contribution < -0.4 is 0 Å². The third kappa shape index (κ3) is 30.3. The van der Waals surface area contributed by atoms with Gasteiger partial charge in [0.05, 0.1) is 0 Å². The van der Waals surface area contributed by atoms with E-state index in [9.17, 15) is 30.3 Å². The Kier molecular flexibility index (Phi) is 33.2. The number of nitrogens with zero attached hydrogens (tertiary/aromatic N) is 3. The van der Waals surface area contributed by atoms with Crippen LogP contribution in [-0.2, 0) is 6.54 Å². The summed E-state index contributed by atoms with van der Waals surface area (Å²) in [6.45, 7) is 6.61. The number of fused-ring (bicyclic) bond motifs is 1. The fourth-order valence-corrected chi connectivity index (χ4v) is 6.31. The first kappa shape index (κ1) is 47.9. The number of nitro groups is 3. The van der Waals surface area contributed by atoms with Crippen LogP contribution in [0.3, 0.4) is 0 Å². The molecule has 9 nitrogen and oxygen atoms in total. The highest BCUT2D eigenvalue weighted by Gasteiger charge is 2.18. The van der Waals surface area contributed by atoms with Crippen LogP contribution >= 0.6 is 0 Å². The number of unbranched alkanes of at least 4 members (excludes halogenated alkanes) is 21. The normalized spacial score (nSPS) is 11.3. The molecule has 0 saturated carbocycles. The van der Waals surface area contributed by atoms with Crippen molar-refractivity contribution >= 4 is 10.8 Å². The van der Waals surface area contributed by atoms with E-state index in [1.807, 2.05) is 36.4 Å². The second-order valence-electron chi connectivity index (χ2n) is 14.1. The molecule has 51 heavy (non-hydrogen) atoms. The first-order valence-electron chi connectivity index (χ1n) is 20.6. The summed E-state index contributed by atoms with van der Waals surface area (Å²) in [5.74, 6) is 0. The molecule has 0 N–H and O–H groups in total. The van der Waals surface area contributed by atoms with Crippen molar-refractivity contribution in [1.82, 2.24) is 0 Å². The fraction of sp³-hybridized carbons (Fsp3) is 0.762. The van der Waals surface area contributed by atoms with Crippen molar-refractivity contribution in [1.29, 1.82) is 0 Å². The molecule has 0 aliphatic heterocycles. The zero-order valence-electron chi connectivity index (χ0n) is 32.7. The van der Waals surface area contributed by atoms with Gasteiger partial charge in [0.1, 0.15) is 0 Å². The van der Waals surface area contributed by atoms with Crippen molar-refractivity contribution in [2.45, 2.75) is 200 Å². The summed E-state index contributed by atoms with van der Waals surface area (Å²) in [7, 11) is 0. The van der Waals surface area contributed by atoms with Gasteiger partial charge in [-0.15, -0.1) is 0 Å². The Balaban J connectivity index is 0.000000744. The Morgan fingerprint density at radius 3 is 1.33 bits per heavy atom. The first-order chi connectivity index (χ1) is 24.8. The van der Waals surface area contributed by atoms with Gasteiger partial charge in [-0.1, -0.05) is 192 Å². The second kappa shape index (κ2) is 35.3. The molecule has 0 heterocycles. The number of hydrogen-bond donors (Lipinski definition) is 0. The monoisotopic (exact) mass is 716 g/mol. The average molecular weight is 716 g/mol. The smallest absolute Gasteiger partial charge is 0.229 e. The van der Waals surface area contributed by atoms with Crippen molar-refractivity contribution in [2.75, 3.05) is 6.54 Å². The second-order valence-corrected chi connectivity index (χ2v) is 14.1. The van der Waals surface area contributed by atoms with Gasteiger partial charge in [-0.3, -0.25) is 30.3 Å². The molecule has 0 aromatic heterocycles. The molecular weight excluding hydrogens is 642 g/mol. The van der Waals surface area contributed by atoms with Gasteiger partial charge in [0, 0.05) is 39.6 Å². The molecule has 1 unspecified atom stereocenters. The van der Waals surface area contributed by atoms with E-state index in [2.05, 4.69) is 20.8 Å². The lowest BCUT2D eigenvalue weighted by molar-refractivity contribution is -0.524. The minimum atomic E-state index is -0.304. The summed E-state index contributed by atoms with van der Waals surface area (Å²) in [5.41, 5.74) is 0.771. The Bertz CT molecular complexity index is 1120. The van der Waals surface area contributed by atoms with E-state index in [0.29, 0.717) is 0 Å².